The van der Waals surface area contributed by atoms with Gasteiger partial charge < -0.3 is 14.9 Å². The molecule has 2 atom stereocenters. The Balaban J connectivity index is 2.40. The van der Waals surface area contributed by atoms with Crippen LogP contribution in [0.2, 0.25) is 0 Å². The second-order valence-electron chi connectivity index (χ2n) is 5.23. The van der Waals surface area contributed by atoms with Gasteiger partial charge in [0.25, 0.3) is 0 Å². The number of nitrogens with zero attached hydrogens (tertiary/aromatic N) is 2. The Labute approximate surface area is 119 Å². The Bertz CT molecular complexity index is 325. The highest BCUT2D eigenvalue weighted by molar-refractivity contribution is 7.98. The number of urea groups is 1. The Kier molecular flexibility index (Phi) is 6.48. The summed E-state index contributed by atoms with van der Waals surface area (Å²) in [5.74, 6) is 0.512. The molecule has 1 aliphatic rings. The standard InChI is InChI=1S/C13H24N2O3S/c1-10(9-19-3)14(2)13(18)15-7-6-11(8-15)4-5-12(16)17/h10-11H,4-9H2,1-3H3,(H,16,17). The summed E-state index contributed by atoms with van der Waals surface area (Å²) in [5, 5.41) is 8.68. The average Bonchev–Trinajstić information content (AvgIpc) is 2.83. The first kappa shape index (κ1) is 16.1. The maximum absolute atomic E-state index is 12.3. The van der Waals surface area contributed by atoms with E-state index < -0.39 is 5.97 Å². The van der Waals surface area contributed by atoms with E-state index in [4.69, 9.17) is 5.11 Å². The lowest BCUT2D eigenvalue weighted by atomic mass is 10.0. The molecule has 0 bridgehead atoms. The molecule has 5 nitrogen and oxygen atoms in total. The fraction of sp³-hybridized carbons (Fsp3) is 0.846. The van der Waals surface area contributed by atoms with Crippen LogP contribution in [0.15, 0.2) is 0 Å². The van der Waals surface area contributed by atoms with Gasteiger partial charge in [0.1, 0.15) is 0 Å². The number of hydrogen-bond acceptors (Lipinski definition) is 3. The molecule has 0 saturated carbocycles. The summed E-state index contributed by atoms with van der Waals surface area (Å²) >= 11 is 1.73. The number of amides is 2. The first-order valence-electron chi connectivity index (χ1n) is 6.68. The third-order valence-corrected chi connectivity index (χ3v) is 4.51. The van der Waals surface area contributed by atoms with Gasteiger partial charge in [0.15, 0.2) is 0 Å². The summed E-state index contributed by atoms with van der Waals surface area (Å²) in [6.07, 6.45) is 3.82. The van der Waals surface area contributed by atoms with Crippen molar-refractivity contribution >= 4 is 23.8 Å². The molecule has 19 heavy (non-hydrogen) atoms. The molecule has 1 heterocycles. The monoisotopic (exact) mass is 288 g/mol. The van der Waals surface area contributed by atoms with Crippen LogP contribution < -0.4 is 0 Å². The molecule has 0 aromatic rings. The lowest BCUT2D eigenvalue weighted by molar-refractivity contribution is -0.137. The van der Waals surface area contributed by atoms with E-state index in [9.17, 15) is 9.59 Å². The molecule has 1 saturated heterocycles. The molecule has 0 spiro atoms. The number of carboxylic acids is 1. The van der Waals surface area contributed by atoms with Crippen LogP contribution in [0.3, 0.4) is 0 Å². The zero-order valence-electron chi connectivity index (χ0n) is 12.0. The lowest BCUT2D eigenvalue weighted by Crippen LogP contribution is -2.45. The van der Waals surface area contributed by atoms with E-state index in [-0.39, 0.29) is 18.5 Å². The Morgan fingerprint density at radius 2 is 2.21 bits per heavy atom. The fourth-order valence-electron chi connectivity index (χ4n) is 2.33. The van der Waals surface area contributed by atoms with Crippen molar-refractivity contribution in [1.29, 1.82) is 0 Å². The highest BCUT2D eigenvalue weighted by Gasteiger charge is 2.29. The van der Waals surface area contributed by atoms with Gasteiger partial charge in [-0.3, -0.25) is 4.79 Å². The summed E-state index contributed by atoms with van der Waals surface area (Å²) in [7, 11) is 1.84. The van der Waals surface area contributed by atoms with Gasteiger partial charge in [-0.1, -0.05) is 0 Å². The molecule has 1 fully saturated rings. The van der Waals surface area contributed by atoms with Gasteiger partial charge in [-0.25, -0.2) is 4.79 Å². The Morgan fingerprint density at radius 3 is 2.79 bits per heavy atom. The van der Waals surface area contributed by atoms with Gasteiger partial charge in [-0.15, -0.1) is 0 Å². The van der Waals surface area contributed by atoms with Crippen molar-refractivity contribution in [3.8, 4) is 0 Å². The fourth-order valence-corrected chi connectivity index (χ4v) is 3.04. The van der Waals surface area contributed by atoms with Gasteiger partial charge in [0.05, 0.1) is 0 Å². The molecule has 2 amide bonds. The topological polar surface area (TPSA) is 60.9 Å². The van der Waals surface area contributed by atoms with E-state index in [1.54, 1.807) is 16.7 Å². The molecule has 2 unspecified atom stereocenters. The van der Waals surface area contributed by atoms with E-state index in [1.807, 2.05) is 25.1 Å². The number of rotatable bonds is 6. The summed E-state index contributed by atoms with van der Waals surface area (Å²) in [6.45, 7) is 3.49. The number of carbonyl (C=O) groups is 2. The van der Waals surface area contributed by atoms with Gasteiger partial charge in [-0.2, -0.15) is 11.8 Å². The van der Waals surface area contributed by atoms with E-state index in [1.165, 1.54) is 0 Å². The summed E-state index contributed by atoms with van der Waals surface area (Å²) in [6, 6.07) is 0.292. The summed E-state index contributed by atoms with van der Waals surface area (Å²) < 4.78 is 0. The average molecular weight is 288 g/mol. The first-order valence-corrected chi connectivity index (χ1v) is 8.07. The van der Waals surface area contributed by atoms with Crippen LogP contribution >= 0.6 is 11.8 Å². The largest absolute Gasteiger partial charge is 0.481 e. The highest BCUT2D eigenvalue weighted by atomic mass is 32.2. The molecule has 0 aliphatic carbocycles. The number of aliphatic carboxylic acids is 1. The molecular weight excluding hydrogens is 264 g/mol. The van der Waals surface area contributed by atoms with Crippen molar-refractivity contribution in [3.05, 3.63) is 0 Å². The van der Waals surface area contributed by atoms with E-state index in [2.05, 4.69) is 0 Å². The zero-order chi connectivity index (χ0) is 14.4. The number of carboxylic acid groups (broad SMARTS) is 1. The van der Waals surface area contributed by atoms with Crippen LogP contribution in [0.1, 0.15) is 26.2 Å². The number of thioether (sulfide) groups is 1. The number of hydrogen-bond donors (Lipinski definition) is 1. The minimum atomic E-state index is -0.754. The van der Waals surface area contributed by atoms with Crippen molar-refractivity contribution < 1.29 is 14.7 Å². The Hall–Kier alpha value is -0.910. The van der Waals surface area contributed by atoms with Crippen molar-refractivity contribution in [1.82, 2.24) is 9.80 Å². The molecule has 0 aromatic heterocycles. The zero-order valence-corrected chi connectivity index (χ0v) is 12.8. The smallest absolute Gasteiger partial charge is 0.320 e. The van der Waals surface area contributed by atoms with Gasteiger partial charge >= 0.3 is 12.0 Å². The Morgan fingerprint density at radius 1 is 1.53 bits per heavy atom. The maximum Gasteiger partial charge on any atom is 0.320 e. The van der Waals surface area contributed by atoms with E-state index >= 15 is 0 Å². The second kappa shape index (κ2) is 7.62. The van der Waals surface area contributed by atoms with Crippen LogP contribution in [-0.2, 0) is 4.79 Å². The van der Waals surface area contributed by atoms with Crippen LogP contribution in [-0.4, -0.2) is 65.1 Å². The maximum atomic E-state index is 12.3. The van der Waals surface area contributed by atoms with Crippen molar-refractivity contribution in [2.24, 2.45) is 5.92 Å². The SMILES string of the molecule is CSCC(C)N(C)C(=O)N1CCC(CCC(=O)O)C1. The van der Waals surface area contributed by atoms with Crippen LogP contribution in [0, 0.1) is 5.92 Å². The van der Waals surface area contributed by atoms with Gasteiger partial charge in [0, 0.05) is 38.4 Å². The van der Waals surface area contributed by atoms with Crippen LogP contribution in [0.25, 0.3) is 0 Å². The summed E-state index contributed by atoms with van der Waals surface area (Å²) in [5.41, 5.74) is 0. The second-order valence-corrected chi connectivity index (χ2v) is 6.14. The molecule has 1 rings (SSSR count). The molecule has 1 N–H and O–H groups in total. The first-order chi connectivity index (χ1) is 8.95. The molecule has 0 radical (unpaired) electrons. The van der Waals surface area contributed by atoms with E-state index in [0.717, 1.165) is 18.7 Å². The lowest BCUT2D eigenvalue weighted by Gasteiger charge is -2.29. The minimum absolute atomic E-state index is 0.0689. The van der Waals surface area contributed by atoms with E-state index in [0.29, 0.717) is 18.9 Å². The predicted octanol–water partition coefficient (Wildman–Crippen LogP) is 1.98. The molecule has 0 aromatic carbocycles. The summed E-state index contributed by atoms with van der Waals surface area (Å²) in [4.78, 5) is 26.5. The quantitative estimate of drug-likeness (QED) is 0.812. The molecule has 110 valence electrons. The van der Waals surface area contributed by atoms with Gasteiger partial charge in [0.2, 0.25) is 0 Å². The van der Waals surface area contributed by atoms with Crippen molar-refractivity contribution in [3.63, 3.8) is 0 Å². The molecule has 6 heteroatoms. The van der Waals surface area contributed by atoms with Gasteiger partial charge in [-0.05, 0) is 31.9 Å². The third kappa shape index (κ3) is 4.93. The predicted molar refractivity (Wildman–Crippen MR) is 77.6 cm³/mol. The number of carbonyl (C=O) groups excluding carboxylic acids is 1. The van der Waals surface area contributed by atoms with Crippen LogP contribution in [0.4, 0.5) is 4.79 Å². The molecular formula is C13H24N2O3S. The van der Waals surface area contributed by atoms with Crippen LogP contribution in [0.5, 0.6) is 0 Å². The van der Waals surface area contributed by atoms with Crippen molar-refractivity contribution in [2.45, 2.75) is 32.2 Å². The van der Waals surface area contributed by atoms with Crippen molar-refractivity contribution in [2.75, 3.05) is 32.1 Å². The highest BCUT2D eigenvalue weighted by Crippen LogP contribution is 2.22. The third-order valence-electron chi connectivity index (χ3n) is 3.69. The number of likely N-dealkylation sites (tertiary alicyclic amines) is 1. The minimum Gasteiger partial charge on any atom is -0.481 e. The normalized spacial score (nSPS) is 20.4. The molecule has 1 aliphatic heterocycles.